The Hall–Kier alpha value is -0.945. The highest BCUT2D eigenvalue weighted by Crippen LogP contribution is 2.40. The number of aliphatic hydroxyl groups is 1. The molecule has 3 aliphatic rings. The molecule has 4 heterocycles. The Bertz CT molecular complexity index is 636. The largest absolute Gasteiger partial charge is 0.496 e. The fraction of sp³-hybridized carbons (Fsp3) is 0.737. The van der Waals surface area contributed by atoms with Gasteiger partial charge < -0.3 is 19.7 Å². The standard InChI is InChI=1S/C19H29BN2O3/c1-17(2)18(3,4)25-20(24-17)14-8-13(11-21-12-14)19(23)9-15-6-5-7-16(10-19)22-15/h8,11-12,15-16,22-23H,5-7,9-10H2,1-4H3. The van der Waals surface area contributed by atoms with E-state index in [-0.39, 0.29) is 11.2 Å². The van der Waals surface area contributed by atoms with Gasteiger partial charge in [0, 0.05) is 35.5 Å². The topological polar surface area (TPSA) is 63.6 Å². The van der Waals surface area contributed by atoms with Crippen LogP contribution in [0, 0.1) is 0 Å². The summed E-state index contributed by atoms with van der Waals surface area (Å²) in [6, 6.07) is 2.83. The lowest BCUT2D eigenvalue weighted by molar-refractivity contribution is -0.0360. The maximum atomic E-state index is 11.4. The maximum absolute atomic E-state index is 11.4. The van der Waals surface area contributed by atoms with Crippen molar-refractivity contribution in [1.82, 2.24) is 10.3 Å². The Labute approximate surface area is 150 Å². The van der Waals surface area contributed by atoms with Crippen molar-refractivity contribution in [1.29, 1.82) is 0 Å². The van der Waals surface area contributed by atoms with Gasteiger partial charge in [-0.15, -0.1) is 0 Å². The van der Waals surface area contributed by atoms with E-state index in [0.29, 0.717) is 12.1 Å². The molecule has 3 aliphatic heterocycles. The van der Waals surface area contributed by atoms with Crippen molar-refractivity contribution in [2.75, 3.05) is 0 Å². The molecule has 136 valence electrons. The number of aromatic nitrogens is 1. The molecule has 4 rings (SSSR count). The van der Waals surface area contributed by atoms with Crippen molar-refractivity contribution in [3.63, 3.8) is 0 Å². The zero-order valence-electron chi connectivity index (χ0n) is 15.7. The normalized spacial score (nSPS) is 36.4. The van der Waals surface area contributed by atoms with Gasteiger partial charge in [-0.25, -0.2) is 0 Å². The molecule has 3 fully saturated rings. The molecule has 0 radical (unpaired) electrons. The number of hydrogen-bond donors (Lipinski definition) is 2. The van der Waals surface area contributed by atoms with Crippen molar-refractivity contribution in [3.8, 4) is 0 Å². The van der Waals surface area contributed by atoms with Gasteiger partial charge in [0.15, 0.2) is 0 Å². The molecule has 0 saturated carbocycles. The van der Waals surface area contributed by atoms with Gasteiger partial charge in [0.2, 0.25) is 0 Å². The summed E-state index contributed by atoms with van der Waals surface area (Å²) in [7, 11) is -0.442. The van der Waals surface area contributed by atoms with Crippen molar-refractivity contribution in [2.24, 2.45) is 0 Å². The molecule has 0 spiro atoms. The van der Waals surface area contributed by atoms with E-state index in [1.54, 1.807) is 12.4 Å². The van der Waals surface area contributed by atoms with Crippen LogP contribution < -0.4 is 10.8 Å². The second kappa shape index (κ2) is 5.78. The Balaban J connectivity index is 1.60. The van der Waals surface area contributed by atoms with E-state index < -0.39 is 12.7 Å². The van der Waals surface area contributed by atoms with Crippen molar-refractivity contribution in [2.45, 2.75) is 88.7 Å². The molecule has 2 atom stereocenters. The lowest BCUT2D eigenvalue weighted by Gasteiger charge is -2.45. The number of hydrogen-bond acceptors (Lipinski definition) is 5. The van der Waals surface area contributed by atoms with Gasteiger partial charge in [0.25, 0.3) is 0 Å². The summed E-state index contributed by atoms with van der Waals surface area (Å²) >= 11 is 0. The molecular weight excluding hydrogens is 315 g/mol. The molecule has 1 aromatic rings. The molecule has 1 aromatic heterocycles. The summed E-state index contributed by atoms with van der Waals surface area (Å²) < 4.78 is 12.3. The van der Waals surface area contributed by atoms with E-state index in [1.165, 1.54) is 6.42 Å². The molecule has 0 amide bonds. The molecule has 3 saturated heterocycles. The minimum Gasteiger partial charge on any atom is -0.399 e. The lowest BCUT2D eigenvalue weighted by atomic mass is 9.72. The van der Waals surface area contributed by atoms with Crippen LogP contribution in [0.3, 0.4) is 0 Å². The number of fused-ring (bicyclic) bond motifs is 2. The number of piperidine rings is 2. The molecule has 2 N–H and O–H groups in total. The molecule has 5 nitrogen and oxygen atoms in total. The van der Waals surface area contributed by atoms with Crippen LogP contribution in [-0.4, -0.2) is 40.5 Å². The number of nitrogens with zero attached hydrogens (tertiary/aromatic N) is 1. The van der Waals surface area contributed by atoms with Gasteiger partial charge in [-0.2, -0.15) is 0 Å². The summed E-state index contributed by atoms with van der Waals surface area (Å²) in [6.07, 6.45) is 8.62. The summed E-state index contributed by atoms with van der Waals surface area (Å²) in [4.78, 5) is 4.40. The first-order valence-electron chi connectivity index (χ1n) is 9.48. The van der Waals surface area contributed by atoms with E-state index in [0.717, 1.165) is 36.7 Å². The average Bonchev–Trinajstić information content (AvgIpc) is 2.75. The Morgan fingerprint density at radius 2 is 1.68 bits per heavy atom. The minimum atomic E-state index is -0.812. The maximum Gasteiger partial charge on any atom is 0.496 e. The zero-order valence-corrected chi connectivity index (χ0v) is 15.7. The predicted octanol–water partition coefficient (Wildman–Crippen LogP) is 1.87. The fourth-order valence-electron chi connectivity index (χ4n) is 4.39. The second-order valence-electron chi connectivity index (χ2n) is 9.03. The summed E-state index contributed by atoms with van der Waals surface area (Å²) in [5, 5.41) is 15.0. The van der Waals surface area contributed by atoms with E-state index in [1.807, 2.05) is 33.8 Å². The van der Waals surface area contributed by atoms with Crippen LogP contribution >= 0.6 is 0 Å². The van der Waals surface area contributed by atoms with Crippen LogP contribution in [-0.2, 0) is 14.9 Å². The summed E-state index contributed by atoms with van der Waals surface area (Å²) in [6.45, 7) is 8.19. The highest BCUT2D eigenvalue weighted by Gasteiger charge is 2.52. The molecule has 25 heavy (non-hydrogen) atoms. The van der Waals surface area contributed by atoms with Gasteiger partial charge in [0.1, 0.15) is 0 Å². The smallest absolute Gasteiger partial charge is 0.399 e. The van der Waals surface area contributed by atoms with Crippen LogP contribution in [0.15, 0.2) is 18.5 Å². The SMILES string of the molecule is CC1(C)OB(c2cncc(C3(O)CC4CCCC(C3)N4)c2)OC1(C)C. The predicted molar refractivity (Wildman–Crippen MR) is 97.6 cm³/mol. The summed E-state index contributed by atoms with van der Waals surface area (Å²) in [5.41, 5.74) is 0.201. The first-order chi connectivity index (χ1) is 11.7. The van der Waals surface area contributed by atoms with Crippen LogP contribution in [0.4, 0.5) is 0 Å². The minimum absolute atomic E-state index is 0.379. The van der Waals surface area contributed by atoms with Crippen molar-refractivity contribution in [3.05, 3.63) is 24.0 Å². The number of nitrogens with one attached hydrogen (secondary N) is 1. The third-order valence-corrected chi connectivity index (χ3v) is 6.57. The second-order valence-corrected chi connectivity index (χ2v) is 9.03. The summed E-state index contributed by atoms with van der Waals surface area (Å²) in [5.74, 6) is 0. The van der Waals surface area contributed by atoms with Crippen molar-refractivity contribution < 1.29 is 14.4 Å². The molecule has 2 unspecified atom stereocenters. The molecule has 0 aliphatic carbocycles. The molecule has 6 heteroatoms. The first kappa shape index (κ1) is 17.5. The number of pyridine rings is 1. The lowest BCUT2D eigenvalue weighted by Crippen LogP contribution is -2.54. The highest BCUT2D eigenvalue weighted by molar-refractivity contribution is 6.62. The molecule has 0 aromatic carbocycles. The van der Waals surface area contributed by atoms with Crippen LogP contribution in [0.2, 0.25) is 0 Å². The van der Waals surface area contributed by atoms with Crippen LogP contribution in [0.1, 0.15) is 65.4 Å². The Morgan fingerprint density at radius 3 is 2.28 bits per heavy atom. The quantitative estimate of drug-likeness (QED) is 0.802. The van der Waals surface area contributed by atoms with E-state index in [4.69, 9.17) is 9.31 Å². The third-order valence-electron chi connectivity index (χ3n) is 6.57. The monoisotopic (exact) mass is 344 g/mol. The van der Waals surface area contributed by atoms with Gasteiger partial charge in [-0.3, -0.25) is 4.98 Å². The molecular formula is C19H29BN2O3. The van der Waals surface area contributed by atoms with E-state index >= 15 is 0 Å². The average molecular weight is 344 g/mol. The van der Waals surface area contributed by atoms with Gasteiger partial charge in [-0.1, -0.05) is 12.5 Å². The zero-order chi connectivity index (χ0) is 17.9. The van der Waals surface area contributed by atoms with E-state index in [9.17, 15) is 5.11 Å². The van der Waals surface area contributed by atoms with Gasteiger partial charge >= 0.3 is 7.12 Å². The molecule has 2 bridgehead atoms. The fourth-order valence-corrected chi connectivity index (χ4v) is 4.39. The van der Waals surface area contributed by atoms with Crippen LogP contribution in [0.25, 0.3) is 0 Å². The van der Waals surface area contributed by atoms with E-state index in [2.05, 4.69) is 10.3 Å². The number of rotatable bonds is 2. The Kier molecular flexibility index (Phi) is 4.04. The Morgan fingerprint density at radius 1 is 1.08 bits per heavy atom. The first-order valence-corrected chi connectivity index (χ1v) is 9.48. The van der Waals surface area contributed by atoms with Crippen LogP contribution in [0.5, 0.6) is 0 Å². The van der Waals surface area contributed by atoms with Crippen molar-refractivity contribution >= 4 is 12.6 Å². The highest BCUT2D eigenvalue weighted by atomic mass is 16.7. The van der Waals surface area contributed by atoms with Gasteiger partial charge in [-0.05, 0) is 53.4 Å². The van der Waals surface area contributed by atoms with Gasteiger partial charge in [0.05, 0.1) is 16.8 Å². The third kappa shape index (κ3) is 3.03.